The van der Waals surface area contributed by atoms with Gasteiger partial charge in [-0.05, 0) is 48.2 Å². The van der Waals surface area contributed by atoms with Crippen molar-refractivity contribution >= 4 is 21.6 Å². The van der Waals surface area contributed by atoms with Crippen LogP contribution >= 0.6 is 0 Å². The second-order valence-corrected chi connectivity index (χ2v) is 7.72. The Kier molecular flexibility index (Phi) is 7.38. The second-order valence-electron chi connectivity index (χ2n) is 6.04. The number of carbonyl (C=O) groups is 1. The standard InChI is InChI=1S/C20H26N2O4S/c1-4-15-7-6-8-16(5-2)19(15)22-27(24,25)18-11-9-17(10-12-18)20(23)21-13-14-26-3/h6-12,22H,4-5,13-14H2,1-3H3,(H,21,23). The lowest BCUT2D eigenvalue weighted by atomic mass is 10.0. The fourth-order valence-electron chi connectivity index (χ4n) is 2.72. The average molecular weight is 391 g/mol. The van der Waals surface area contributed by atoms with Crippen LogP contribution in [0.25, 0.3) is 0 Å². The van der Waals surface area contributed by atoms with Gasteiger partial charge in [-0.2, -0.15) is 0 Å². The Bertz CT molecular complexity index is 855. The molecule has 0 aliphatic rings. The minimum absolute atomic E-state index is 0.115. The number of carbonyl (C=O) groups excluding carboxylic acids is 1. The number of sulfonamides is 1. The van der Waals surface area contributed by atoms with Crippen molar-refractivity contribution in [3.8, 4) is 0 Å². The molecule has 2 rings (SSSR count). The zero-order chi connectivity index (χ0) is 19.9. The molecule has 27 heavy (non-hydrogen) atoms. The van der Waals surface area contributed by atoms with Crippen LogP contribution in [0.4, 0.5) is 5.69 Å². The molecule has 1 amide bonds. The predicted octanol–water partition coefficient (Wildman–Crippen LogP) is 2.99. The SMILES string of the molecule is CCc1cccc(CC)c1NS(=O)(=O)c1ccc(C(=O)NCCOC)cc1. The van der Waals surface area contributed by atoms with Gasteiger partial charge in [-0.3, -0.25) is 9.52 Å². The molecule has 2 N–H and O–H groups in total. The molecule has 0 heterocycles. The van der Waals surface area contributed by atoms with Crippen molar-refractivity contribution in [2.45, 2.75) is 31.6 Å². The summed E-state index contributed by atoms with van der Waals surface area (Å²) >= 11 is 0. The molecule has 0 unspecified atom stereocenters. The van der Waals surface area contributed by atoms with E-state index in [2.05, 4.69) is 10.0 Å². The van der Waals surface area contributed by atoms with Crippen molar-refractivity contribution in [1.29, 1.82) is 0 Å². The van der Waals surface area contributed by atoms with Gasteiger partial charge in [0.15, 0.2) is 0 Å². The molecule has 0 saturated heterocycles. The number of para-hydroxylation sites is 1. The minimum atomic E-state index is -3.74. The first-order valence-electron chi connectivity index (χ1n) is 8.93. The van der Waals surface area contributed by atoms with Gasteiger partial charge < -0.3 is 10.1 Å². The number of anilines is 1. The van der Waals surface area contributed by atoms with Crippen molar-refractivity contribution in [3.05, 3.63) is 59.2 Å². The van der Waals surface area contributed by atoms with Gasteiger partial charge in [-0.1, -0.05) is 32.0 Å². The maximum Gasteiger partial charge on any atom is 0.261 e. The molecule has 0 aliphatic carbocycles. The Hall–Kier alpha value is -2.38. The Labute approximate surface area is 161 Å². The second kappa shape index (κ2) is 9.53. The molecule has 7 heteroatoms. The topological polar surface area (TPSA) is 84.5 Å². The van der Waals surface area contributed by atoms with Crippen LogP contribution in [0.1, 0.15) is 35.3 Å². The third kappa shape index (κ3) is 5.30. The highest BCUT2D eigenvalue weighted by Gasteiger charge is 2.18. The highest BCUT2D eigenvalue weighted by Crippen LogP contribution is 2.25. The van der Waals surface area contributed by atoms with E-state index in [0.717, 1.165) is 24.0 Å². The maximum atomic E-state index is 12.8. The van der Waals surface area contributed by atoms with Crippen LogP contribution in [0.5, 0.6) is 0 Å². The third-order valence-electron chi connectivity index (χ3n) is 4.25. The smallest absolute Gasteiger partial charge is 0.261 e. The Balaban J connectivity index is 2.22. The summed E-state index contributed by atoms with van der Waals surface area (Å²) < 4.78 is 33.2. The molecule has 0 saturated carbocycles. The van der Waals surface area contributed by atoms with Crippen LogP contribution in [0, 0.1) is 0 Å². The highest BCUT2D eigenvalue weighted by atomic mass is 32.2. The van der Waals surface area contributed by atoms with Gasteiger partial charge in [0.05, 0.1) is 17.2 Å². The van der Waals surface area contributed by atoms with Crippen LogP contribution < -0.4 is 10.0 Å². The molecular formula is C20H26N2O4S. The fraction of sp³-hybridized carbons (Fsp3) is 0.350. The summed E-state index contributed by atoms with van der Waals surface area (Å²) in [6.45, 7) is 4.79. The van der Waals surface area contributed by atoms with Gasteiger partial charge in [-0.25, -0.2) is 8.42 Å². The third-order valence-corrected chi connectivity index (χ3v) is 5.62. The van der Waals surface area contributed by atoms with Gasteiger partial charge >= 0.3 is 0 Å². The van der Waals surface area contributed by atoms with E-state index in [4.69, 9.17) is 4.74 Å². The van der Waals surface area contributed by atoms with Gasteiger partial charge in [0, 0.05) is 19.2 Å². The van der Waals surface area contributed by atoms with Gasteiger partial charge in [0.25, 0.3) is 15.9 Å². The van der Waals surface area contributed by atoms with Crippen molar-refractivity contribution in [2.24, 2.45) is 0 Å². The molecule has 0 bridgehead atoms. The number of hydrogen-bond donors (Lipinski definition) is 2. The summed E-state index contributed by atoms with van der Waals surface area (Å²) in [5.74, 6) is -0.270. The van der Waals surface area contributed by atoms with Gasteiger partial charge in [0.1, 0.15) is 0 Å². The van der Waals surface area contributed by atoms with E-state index in [9.17, 15) is 13.2 Å². The summed E-state index contributed by atoms with van der Waals surface area (Å²) in [6.07, 6.45) is 1.46. The van der Waals surface area contributed by atoms with Crippen LogP contribution in [0.3, 0.4) is 0 Å². The Morgan fingerprint density at radius 1 is 1.00 bits per heavy atom. The number of nitrogens with one attached hydrogen (secondary N) is 2. The molecule has 0 fully saturated rings. The number of amides is 1. The number of aryl methyl sites for hydroxylation is 2. The van der Waals surface area contributed by atoms with Crippen molar-refractivity contribution < 1.29 is 17.9 Å². The number of rotatable bonds is 9. The summed E-state index contributed by atoms with van der Waals surface area (Å²) in [5.41, 5.74) is 2.94. The number of ether oxygens (including phenoxy) is 1. The molecule has 6 nitrogen and oxygen atoms in total. The molecular weight excluding hydrogens is 364 g/mol. The summed E-state index contributed by atoms with van der Waals surface area (Å²) in [5, 5.41) is 2.70. The monoisotopic (exact) mass is 390 g/mol. The van der Waals surface area contributed by atoms with Gasteiger partial charge in [0.2, 0.25) is 0 Å². The fourth-order valence-corrected chi connectivity index (χ4v) is 3.86. The van der Waals surface area contributed by atoms with E-state index >= 15 is 0 Å². The normalized spacial score (nSPS) is 11.2. The summed E-state index contributed by atoms with van der Waals surface area (Å²) in [4.78, 5) is 12.1. The zero-order valence-electron chi connectivity index (χ0n) is 15.9. The van der Waals surface area contributed by atoms with Crippen molar-refractivity contribution in [2.75, 3.05) is 25.0 Å². The first kappa shape index (κ1) is 20.9. The quantitative estimate of drug-likeness (QED) is 0.645. The van der Waals surface area contributed by atoms with E-state index in [1.807, 2.05) is 32.0 Å². The Morgan fingerprint density at radius 3 is 2.11 bits per heavy atom. The lowest BCUT2D eigenvalue weighted by molar-refractivity contribution is 0.0937. The summed E-state index contributed by atoms with van der Waals surface area (Å²) in [7, 11) is -2.19. The molecule has 0 atom stereocenters. The van der Waals surface area contributed by atoms with E-state index in [-0.39, 0.29) is 10.8 Å². The number of hydrogen-bond acceptors (Lipinski definition) is 4. The average Bonchev–Trinajstić information content (AvgIpc) is 2.68. The van der Waals surface area contributed by atoms with Crippen molar-refractivity contribution in [1.82, 2.24) is 5.32 Å². The zero-order valence-corrected chi connectivity index (χ0v) is 16.7. The van der Waals surface area contributed by atoms with E-state index < -0.39 is 10.0 Å². The van der Waals surface area contributed by atoms with E-state index in [1.165, 1.54) is 24.3 Å². The lowest BCUT2D eigenvalue weighted by Gasteiger charge is -2.16. The summed E-state index contributed by atoms with van der Waals surface area (Å²) in [6, 6.07) is 11.7. The number of methoxy groups -OCH3 is 1. The first-order valence-corrected chi connectivity index (χ1v) is 10.4. The number of benzene rings is 2. The largest absolute Gasteiger partial charge is 0.383 e. The molecule has 0 radical (unpaired) electrons. The maximum absolute atomic E-state index is 12.8. The van der Waals surface area contributed by atoms with Gasteiger partial charge in [-0.15, -0.1) is 0 Å². The first-order chi connectivity index (χ1) is 12.9. The molecule has 0 spiro atoms. The van der Waals surface area contributed by atoms with Crippen molar-refractivity contribution in [3.63, 3.8) is 0 Å². The van der Waals surface area contributed by atoms with Crippen LogP contribution in [-0.2, 0) is 27.6 Å². The van der Waals surface area contributed by atoms with Crippen LogP contribution in [-0.4, -0.2) is 34.6 Å². The molecule has 0 aliphatic heterocycles. The predicted molar refractivity (Wildman–Crippen MR) is 107 cm³/mol. The van der Waals surface area contributed by atoms with E-state index in [1.54, 1.807) is 7.11 Å². The van der Waals surface area contributed by atoms with Crippen LogP contribution in [0.15, 0.2) is 47.4 Å². The molecule has 2 aromatic rings. The Morgan fingerprint density at radius 2 is 1.59 bits per heavy atom. The lowest BCUT2D eigenvalue weighted by Crippen LogP contribution is -2.27. The molecule has 146 valence electrons. The highest BCUT2D eigenvalue weighted by molar-refractivity contribution is 7.92. The molecule has 0 aromatic heterocycles. The minimum Gasteiger partial charge on any atom is -0.383 e. The molecule has 2 aromatic carbocycles. The van der Waals surface area contributed by atoms with Crippen LogP contribution in [0.2, 0.25) is 0 Å². The van der Waals surface area contributed by atoms with E-state index in [0.29, 0.717) is 24.4 Å².